The quantitative estimate of drug-likeness (QED) is 0.219. The molecule has 0 spiro atoms. The van der Waals surface area contributed by atoms with Crippen molar-refractivity contribution in [3.05, 3.63) is 0 Å². The molecule has 3 fully saturated rings. The minimum Gasteiger partial charge on any atom is -0.459 e. The summed E-state index contributed by atoms with van der Waals surface area (Å²) in [7, 11) is 4.80. The third-order valence-corrected chi connectivity index (χ3v) is 12.9. The molecule has 3 aliphatic rings. The second kappa shape index (κ2) is 21.0. The number of nitriles is 1. The molecule has 0 aromatic heterocycles. The molecule has 3 rings (SSSR count). The summed E-state index contributed by atoms with van der Waals surface area (Å²) >= 11 is 0. The zero-order valence-corrected chi connectivity index (χ0v) is 37.6. The van der Waals surface area contributed by atoms with Crippen molar-refractivity contribution in [1.82, 2.24) is 10.2 Å². The van der Waals surface area contributed by atoms with Gasteiger partial charge in [-0.2, -0.15) is 5.26 Å². The lowest BCUT2D eigenvalue weighted by molar-refractivity contribution is -0.320. The Morgan fingerprint density at radius 1 is 0.966 bits per heavy atom. The summed E-state index contributed by atoms with van der Waals surface area (Å²) in [5.74, 6) is -4.43. The molecule has 17 heteroatoms. The number of cyclic esters (lactones) is 1. The second-order valence-electron chi connectivity index (χ2n) is 17.7. The first kappa shape index (κ1) is 50.9. The van der Waals surface area contributed by atoms with Crippen LogP contribution in [0, 0.1) is 29.1 Å². The number of rotatable bonds is 11. The number of carbonyl (C=O) groups excluding carboxylic acids is 3. The minimum absolute atomic E-state index is 0.0452. The number of carbonyl (C=O) groups is 3. The van der Waals surface area contributed by atoms with Crippen LogP contribution in [0.2, 0.25) is 0 Å². The van der Waals surface area contributed by atoms with Gasteiger partial charge in [0.2, 0.25) is 5.91 Å². The van der Waals surface area contributed by atoms with Gasteiger partial charge in [-0.3, -0.25) is 19.3 Å². The van der Waals surface area contributed by atoms with Crippen molar-refractivity contribution in [3.8, 4) is 6.07 Å². The van der Waals surface area contributed by atoms with Gasteiger partial charge in [0.15, 0.2) is 18.7 Å². The molecule has 59 heavy (non-hydrogen) atoms. The topological polar surface area (TPSA) is 225 Å². The Kier molecular flexibility index (Phi) is 18.1. The monoisotopic (exact) mass is 844 g/mol. The second-order valence-corrected chi connectivity index (χ2v) is 17.7. The molecule has 0 aromatic carbocycles. The molecular weight excluding hydrogens is 770 g/mol. The molecule has 0 unspecified atom stereocenters. The molecule has 340 valence electrons. The number of aliphatic hydroxyl groups excluding tert-OH is 2. The number of nitrogens with zero attached hydrogens (tertiary/aromatic N) is 2. The van der Waals surface area contributed by atoms with E-state index in [2.05, 4.69) is 11.4 Å². The highest BCUT2D eigenvalue weighted by Crippen LogP contribution is 2.41. The van der Waals surface area contributed by atoms with Crippen LogP contribution in [0.4, 0.5) is 0 Å². The van der Waals surface area contributed by atoms with E-state index in [1.54, 1.807) is 55.4 Å². The number of hydrogen-bond acceptors (Lipinski definition) is 16. The van der Waals surface area contributed by atoms with Crippen LogP contribution >= 0.6 is 0 Å². The maximum Gasteiger partial charge on any atom is 0.311 e. The lowest BCUT2D eigenvalue weighted by atomic mass is 9.77. The van der Waals surface area contributed by atoms with Crippen LogP contribution in [0.25, 0.3) is 0 Å². The van der Waals surface area contributed by atoms with Crippen LogP contribution in [0.3, 0.4) is 0 Å². The SMILES string of the molecule is CC[C@H]1OC(=O)[C@H](C)[C@@H](O[C@H]2C[C@@](C)(OC)[C@@H](O)[C@H](C)O2)[C@H](C)[C@@H](O[C@@H]2O[C@H](C)C[C@H](N(C)CCC#N)[C@H]2OC(C)=O)[C@](C)(OC)C[C@@H](C)C(=O)N[C@H](C)[C@@H](O)[C@]1(C)O. The Morgan fingerprint density at radius 2 is 1.59 bits per heavy atom. The predicted octanol–water partition coefficient (Wildman–Crippen LogP) is 2.59. The lowest BCUT2D eigenvalue weighted by Crippen LogP contribution is -2.61. The van der Waals surface area contributed by atoms with Crippen molar-refractivity contribution >= 4 is 17.8 Å². The molecule has 18 atom stereocenters. The smallest absolute Gasteiger partial charge is 0.311 e. The Bertz CT molecular complexity index is 1450. The Morgan fingerprint density at radius 3 is 2.15 bits per heavy atom. The molecule has 4 N–H and O–H groups in total. The first-order chi connectivity index (χ1) is 27.4. The van der Waals surface area contributed by atoms with Crippen molar-refractivity contribution in [2.45, 2.75) is 199 Å². The number of aliphatic hydroxyl groups is 3. The van der Waals surface area contributed by atoms with E-state index in [4.69, 9.17) is 37.9 Å². The average molecular weight is 844 g/mol. The van der Waals surface area contributed by atoms with Crippen molar-refractivity contribution < 1.29 is 67.6 Å². The molecule has 0 radical (unpaired) electrons. The zero-order chi connectivity index (χ0) is 44.8. The summed E-state index contributed by atoms with van der Waals surface area (Å²) in [5.41, 5.74) is -4.40. The van der Waals surface area contributed by atoms with Crippen molar-refractivity contribution in [1.29, 1.82) is 5.26 Å². The van der Waals surface area contributed by atoms with Gasteiger partial charge in [0.25, 0.3) is 0 Å². The highest BCUT2D eigenvalue weighted by atomic mass is 16.7. The van der Waals surface area contributed by atoms with Gasteiger partial charge in [-0.1, -0.05) is 20.8 Å². The van der Waals surface area contributed by atoms with Crippen LogP contribution < -0.4 is 5.32 Å². The normalized spacial score (nSPS) is 44.4. The summed E-state index contributed by atoms with van der Waals surface area (Å²) in [6, 6.07) is 0.786. The van der Waals surface area contributed by atoms with E-state index in [-0.39, 0.29) is 31.8 Å². The number of likely N-dealkylation sites (N-methyl/N-ethyl adjacent to an activating group) is 1. The maximum absolute atomic E-state index is 14.4. The molecule has 3 aliphatic heterocycles. The van der Waals surface area contributed by atoms with Crippen LogP contribution in [0.1, 0.15) is 108 Å². The number of hydrogen-bond donors (Lipinski definition) is 4. The number of methoxy groups -OCH3 is 2. The Hall–Kier alpha value is -2.50. The fourth-order valence-corrected chi connectivity index (χ4v) is 9.04. The number of ether oxygens (including phenoxy) is 8. The van der Waals surface area contributed by atoms with Gasteiger partial charge in [-0.05, 0) is 74.8 Å². The molecule has 0 aromatic rings. The zero-order valence-electron chi connectivity index (χ0n) is 37.6. The molecule has 0 saturated carbocycles. The average Bonchev–Trinajstić information content (AvgIpc) is 3.17. The predicted molar refractivity (Wildman–Crippen MR) is 213 cm³/mol. The summed E-state index contributed by atoms with van der Waals surface area (Å²) in [5, 5.41) is 46.3. The van der Waals surface area contributed by atoms with Crippen LogP contribution in [-0.4, -0.2) is 156 Å². The largest absolute Gasteiger partial charge is 0.459 e. The molecule has 1 amide bonds. The van der Waals surface area contributed by atoms with E-state index in [1.807, 2.05) is 18.9 Å². The van der Waals surface area contributed by atoms with Gasteiger partial charge in [0.1, 0.15) is 23.9 Å². The minimum atomic E-state index is -1.98. The highest BCUT2D eigenvalue weighted by Gasteiger charge is 2.54. The molecule has 3 heterocycles. The molecule has 3 saturated heterocycles. The summed E-state index contributed by atoms with van der Waals surface area (Å²) in [6.45, 7) is 18.5. The first-order valence-electron chi connectivity index (χ1n) is 21.0. The van der Waals surface area contributed by atoms with E-state index in [9.17, 15) is 35.0 Å². The van der Waals surface area contributed by atoms with Gasteiger partial charge in [-0.25, -0.2) is 0 Å². The first-order valence-corrected chi connectivity index (χ1v) is 21.0. The van der Waals surface area contributed by atoms with E-state index in [0.717, 1.165) is 0 Å². The standard InChI is InChI=1S/C42H73N3O14/c1-15-30-42(11,51)34(47)26(6)44-37(49)22(2)20-41(10,53-14)36(59-39-33(56-28(8)46)29(19-23(3)54-39)45(12)18-16-17-43)24(4)32(25(5)38(50)57-30)58-31-21-40(9,52-13)35(48)27(7)55-31/h22-27,29-36,39,47-48,51H,15-16,18-21H2,1-14H3,(H,44,49)/t22-,23-,24+,25-,26-,27+,29+,30-,31+,32+,33-,34-,35+,36-,39+,40-,41-,42-/m1/s1. The molecule has 0 bridgehead atoms. The third kappa shape index (κ3) is 11.9. The summed E-state index contributed by atoms with van der Waals surface area (Å²) < 4.78 is 50.5. The fraction of sp³-hybridized carbons (Fsp3) is 0.905. The third-order valence-electron chi connectivity index (χ3n) is 12.9. The van der Waals surface area contributed by atoms with E-state index in [1.165, 1.54) is 28.1 Å². The maximum atomic E-state index is 14.4. The summed E-state index contributed by atoms with van der Waals surface area (Å²) in [4.78, 5) is 42.9. The van der Waals surface area contributed by atoms with Gasteiger partial charge in [-0.15, -0.1) is 0 Å². The van der Waals surface area contributed by atoms with Gasteiger partial charge in [0, 0.05) is 52.4 Å². The van der Waals surface area contributed by atoms with E-state index >= 15 is 0 Å². The molecular formula is C42H73N3O14. The van der Waals surface area contributed by atoms with Crippen LogP contribution in [-0.2, 0) is 52.3 Å². The van der Waals surface area contributed by atoms with E-state index < -0.39 is 120 Å². The number of amides is 1. The van der Waals surface area contributed by atoms with E-state index in [0.29, 0.717) is 13.0 Å². The molecule has 0 aliphatic carbocycles. The van der Waals surface area contributed by atoms with Gasteiger partial charge < -0.3 is 58.5 Å². The van der Waals surface area contributed by atoms with Gasteiger partial charge in [0.05, 0.1) is 59.7 Å². The lowest BCUT2D eigenvalue weighted by Gasteiger charge is -2.50. The Balaban J connectivity index is 2.28. The van der Waals surface area contributed by atoms with Crippen LogP contribution in [0.15, 0.2) is 0 Å². The van der Waals surface area contributed by atoms with Crippen molar-refractivity contribution in [3.63, 3.8) is 0 Å². The van der Waals surface area contributed by atoms with Crippen molar-refractivity contribution in [2.24, 2.45) is 17.8 Å². The van der Waals surface area contributed by atoms with Crippen LogP contribution in [0.5, 0.6) is 0 Å². The van der Waals surface area contributed by atoms with Crippen molar-refractivity contribution in [2.75, 3.05) is 27.8 Å². The Labute approximate surface area is 350 Å². The van der Waals surface area contributed by atoms with Gasteiger partial charge >= 0.3 is 11.9 Å². The summed E-state index contributed by atoms with van der Waals surface area (Å²) in [6.07, 6.45) is -9.24. The number of esters is 2. The molecule has 17 nitrogen and oxygen atoms in total. The number of nitrogens with one attached hydrogen (secondary N) is 1. The fourth-order valence-electron chi connectivity index (χ4n) is 9.04. The highest BCUT2D eigenvalue weighted by molar-refractivity contribution is 5.78.